The van der Waals surface area contributed by atoms with Crippen molar-refractivity contribution in [1.82, 2.24) is 20.3 Å². The molecule has 0 fully saturated rings. The maximum absolute atomic E-state index is 11.5. The number of fused-ring (bicyclic) bond motifs is 1. The summed E-state index contributed by atoms with van der Waals surface area (Å²) >= 11 is 0. The number of hydrogen-bond donors (Lipinski definition) is 1. The molecule has 0 unspecified atom stereocenters. The van der Waals surface area contributed by atoms with Gasteiger partial charge in [-0.1, -0.05) is 17.4 Å². The number of hydrogen-bond acceptors (Lipinski definition) is 3. The predicted molar refractivity (Wildman–Crippen MR) is 64.5 cm³/mol. The van der Waals surface area contributed by atoms with E-state index >= 15 is 0 Å². The van der Waals surface area contributed by atoms with Crippen LogP contribution in [0.5, 0.6) is 0 Å². The summed E-state index contributed by atoms with van der Waals surface area (Å²) in [6.07, 6.45) is 8.21. The zero-order valence-electron chi connectivity index (χ0n) is 10.1. The van der Waals surface area contributed by atoms with Gasteiger partial charge in [0.15, 0.2) is 0 Å². The Morgan fingerprint density at radius 3 is 2.94 bits per heavy atom. The van der Waals surface area contributed by atoms with Crippen molar-refractivity contribution in [3.05, 3.63) is 23.5 Å². The number of nitrogens with zero attached hydrogens (tertiary/aromatic N) is 3. The molecule has 0 atom stereocenters. The molecule has 1 aromatic heterocycles. The molecule has 5 heteroatoms. The van der Waals surface area contributed by atoms with Gasteiger partial charge in [-0.05, 0) is 32.6 Å². The fraction of sp³-hybridized carbons (Fsp3) is 0.583. The summed E-state index contributed by atoms with van der Waals surface area (Å²) in [7, 11) is 0. The summed E-state index contributed by atoms with van der Waals surface area (Å²) in [5.41, 5.74) is 2.15. The van der Waals surface area contributed by atoms with Crippen molar-refractivity contribution >= 4 is 5.91 Å². The lowest BCUT2D eigenvalue weighted by Crippen LogP contribution is -2.28. The second-order valence-corrected chi connectivity index (χ2v) is 4.14. The van der Waals surface area contributed by atoms with Crippen LogP contribution in [0.1, 0.15) is 31.2 Å². The van der Waals surface area contributed by atoms with Crippen molar-refractivity contribution in [3.8, 4) is 0 Å². The molecule has 1 heterocycles. The summed E-state index contributed by atoms with van der Waals surface area (Å²) in [5.74, 6) is -0.00204. The highest BCUT2D eigenvalue weighted by Crippen LogP contribution is 2.14. The lowest BCUT2D eigenvalue weighted by Gasteiger charge is -2.08. The Bertz CT molecular complexity index is 422. The van der Waals surface area contributed by atoms with Crippen LogP contribution in [0.25, 0.3) is 0 Å². The zero-order chi connectivity index (χ0) is 12.1. The molecule has 1 aromatic rings. The van der Waals surface area contributed by atoms with Crippen LogP contribution in [0, 0.1) is 0 Å². The van der Waals surface area contributed by atoms with E-state index in [1.54, 1.807) is 4.68 Å². The van der Waals surface area contributed by atoms with Crippen LogP contribution < -0.4 is 5.32 Å². The van der Waals surface area contributed by atoms with Crippen LogP contribution in [0.3, 0.4) is 0 Å². The van der Waals surface area contributed by atoms with Gasteiger partial charge in [-0.2, -0.15) is 0 Å². The standard InChI is InChI=1S/C12H18N4O/c1-2-13-12(17)9-16-11-8-6-4-3-5-7-10(11)14-15-16/h3-4H,2,5-9H2,1H3,(H,13,17)/b4-3+. The Kier molecular flexibility index (Phi) is 3.90. The fourth-order valence-corrected chi connectivity index (χ4v) is 2.03. The van der Waals surface area contributed by atoms with Crippen molar-refractivity contribution in [2.24, 2.45) is 0 Å². The van der Waals surface area contributed by atoms with E-state index in [0.29, 0.717) is 6.54 Å². The van der Waals surface area contributed by atoms with Crippen LogP contribution in [0.2, 0.25) is 0 Å². The minimum absolute atomic E-state index is 0.00204. The normalized spacial score (nSPS) is 16.8. The lowest BCUT2D eigenvalue weighted by molar-refractivity contribution is -0.121. The van der Waals surface area contributed by atoms with E-state index in [4.69, 9.17) is 0 Å². The van der Waals surface area contributed by atoms with Crippen LogP contribution in [-0.2, 0) is 24.2 Å². The van der Waals surface area contributed by atoms with E-state index in [1.807, 2.05) is 6.92 Å². The first-order valence-corrected chi connectivity index (χ1v) is 6.14. The minimum Gasteiger partial charge on any atom is -0.355 e. The van der Waals surface area contributed by atoms with Gasteiger partial charge < -0.3 is 5.32 Å². The van der Waals surface area contributed by atoms with Gasteiger partial charge in [0.2, 0.25) is 5.91 Å². The van der Waals surface area contributed by atoms with Gasteiger partial charge in [-0.15, -0.1) is 5.10 Å². The van der Waals surface area contributed by atoms with Crippen molar-refractivity contribution in [2.45, 2.75) is 39.2 Å². The largest absolute Gasteiger partial charge is 0.355 e. The third kappa shape index (κ3) is 2.93. The number of likely N-dealkylation sites (N-methyl/N-ethyl adjacent to an activating group) is 1. The molecule has 5 nitrogen and oxygen atoms in total. The third-order valence-corrected chi connectivity index (χ3v) is 2.85. The van der Waals surface area contributed by atoms with E-state index in [-0.39, 0.29) is 12.5 Å². The number of aryl methyl sites for hydroxylation is 1. The molecule has 0 saturated heterocycles. The molecule has 92 valence electrons. The van der Waals surface area contributed by atoms with Crippen molar-refractivity contribution in [2.75, 3.05) is 6.54 Å². The van der Waals surface area contributed by atoms with Gasteiger partial charge in [0, 0.05) is 6.54 Å². The molecule has 1 amide bonds. The van der Waals surface area contributed by atoms with Crippen molar-refractivity contribution in [1.29, 1.82) is 0 Å². The number of nitrogens with one attached hydrogen (secondary N) is 1. The molecule has 2 rings (SSSR count). The van der Waals surface area contributed by atoms with Crippen LogP contribution in [0.4, 0.5) is 0 Å². The van der Waals surface area contributed by atoms with E-state index in [0.717, 1.165) is 37.1 Å². The van der Waals surface area contributed by atoms with E-state index < -0.39 is 0 Å². The fourth-order valence-electron chi connectivity index (χ4n) is 2.03. The monoisotopic (exact) mass is 234 g/mol. The van der Waals surface area contributed by atoms with Gasteiger partial charge in [-0.25, -0.2) is 4.68 Å². The molecular formula is C12H18N4O. The summed E-state index contributed by atoms with van der Waals surface area (Å²) in [6.45, 7) is 2.84. The van der Waals surface area contributed by atoms with Gasteiger partial charge in [-0.3, -0.25) is 4.79 Å². The molecule has 0 radical (unpaired) electrons. The minimum atomic E-state index is -0.00204. The average molecular weight is 234 g/mol. The van der Waals surface area contributed by atoms with E-state index in [9.17, 15) is 4.79 Å². The maximum atomic E-state index is 11.5. The highest BCUT2D eigenvalue weighted by molar-refractivity contribution is 5.75. The summed E-state index contributed by atoms with van der Waals surface area (Å²) in [6, 6.07) is 0. The van der Waals surface area contributed by atoms with Gasteiger partial charge in [0.25, 0.3) is 0 Å². The topological polar surface area (TPSA) is 59.8 Å². The Hall–Kier alpha value is -1.65. The smallest absolute Gasteiger partial charge is 0.241 e. The number of amides is 1. The first-order chi connectivity index (χ1) is 8.31. The highest BCUT2D eigenvalue weighted by Gasteiger charge is 2.14. The van der Waals surface area contributed by atoms with E-state index in [2.05, 4.69) is 27.8 Å². The lowest BCUT2D eigenvalue weighted by atomic mass is 10.1. The average Bonchev–Trinajstić information content (AvgIpc) is 2.60. The molecule has 1 aliphatic rings. The Balaban J connectivity index is 2.11. The molecule has 1 aliphatic carbocycles. The summed E-state index contributed by atoms with van der Waals surface area (Å²) in [5, 5.41) is 11.0. The second kappa shape index (κ2) is 5.61. The Morgan fingerprint density at radius 1 is 1.41 bits per heavy atom. The first kappa shape index (κ1) is 11.8. The second-order valence-electron chi connectivity index (χ2n) is 4.14. The Morgan fingerprint density at radius 2 is 2.18 bits per heavy atom. The number of aromatic nitrogens is 3. The number of allylic oxidation sites excluding steroid dienone is 2. The molecule has 0 aromatic carbocycles. The molecule has 0 spiro atoms. The molecular weight excluding hydrogens is 216 g/mol. The van der Waals surface area contributed by atoms with Gasteiger partial charge in [0.1, 0.15) is 6.54 Å². The van der Waals surface area contributed by atoms with Gasteiger partial charge in [0.05, 0.1) is 11.4 Å². The quantitative estimate of drug-likeness (QED) is 0.789. The molecule has 0 aliphatic heterocycles. The first-order valence-electron chi connectivity index (χ1n) is 6.14. The van der Waals surface area contributed by atoms with Crippen LogP contribution in [0.15, 0.2) is 12.2 Å². The molecule has 0 bridgehead atoms. The third-order valence-electron chi connectivity index (χ3n) is 2.85. The zero-order valence-corrected chi connectivity index (χ0v) is 10.1. The predicted octanol–water partition coefficient (Wildman–Crippen LogP) is 0.849. The van der Waals surface area contributed by atoms with Crippen LogP contribution in [-0.4, -0.2) is 27.4 Å². The molecule has 17 heavy (non-hydrogen) atoms. The Labute approximate surface area is 101 Å². The van der Waals surface area contributed by atoms with Crippen molar-refractivity contribution < 1.29 is 4.79 Å². The SMILES string of the molecule is CCNC(=O)Cn1nnc2c1CC/C=C/CC2. The summed E-state index contributed by atoms with van der Waals surface area (Å²) < 4.78 is 1.74. The summed E-state index contributed by atoms with van der Waals surface area (Å²) in [4.78, 5) is 11.5. The van der Waals surface area contributed by atoms with Crippen LogP contribution >= 0.6 is 0 Å². The van der Waals surface area contributed by atoms with Gasteiger partial charge >= 0.3 is 0 Å². The number of carbonyl (C=O) groups excluding carboxylic acids is 1. The molecule has 0 saturated carbocycles. The van der Waals surface area contributed by atoms with Crippen molar-refractivity contribution in [3.63, 3.8) is 0 Å². The number of carbonyl (C=O) groups is 1. The number of rotatable bonds is 3. The van der Waals surface area contributed by atoms with E-state index in [1.165, 1.54) is 0 Å². The highest BCUT2D eigenvalue weighted by atomic mass is 16.2. The maximum Gasteiger partial charge on any atom is 0.241 e. The molecule has 1 N–H and O–H groups in total.